The summed E-state index contributed by atoms with van der Waals surface area (Å²) in [5.74, 6) is 0.808. The molecule has 1 N–H and O–H groups in total. The van der Waals surface area contributed by atoms with Crippen molar-refractivity contribution >= 4 is 39.9 Å². The number of para-hydroxylation sites is 1. The van der Waals surface area contributed by atoms with Gasteiger partial charge in [-0.15, -0.1) is 0 Å². The largest absolute Gasteiger partial charge is 0.377 e. The molecule has 1 heterocycles. The van der Waals surface area contributed by atoms with Gasteiger partial charge in [0.2, 0.25) is 0 Å². The fraction of sp³-hybridized carbons (Fsp3) is 0.133. The molecular weight excluding hydrogens is 293 g/mol. The first-order valence-corrected chi connectivity index (χ1v) is 6.93. The van der Waals surface area contributed by atoms with Crippen molar-refractivity contribution in [2.45, 2.75) is 0 Å². The molecule has 0 amide bonds. The zero-order valence-corrected chi connectivity index (χ0v) is 12.6. The number of hydrogen-bond acceptors (Lipinski definition) is 2. The lowest BCUT2D eigenvalue weighted by molar-refractivity contribution is 1.13. The van der Waals surface area contributed by atoms with Gasteiger partial charge in [-0.25, -0.2) is 4.98 Å². The first-order valence-electron chi connectivity index (χ1n) is 6.18. The van der Waals surface area contributed by atoms with Gasteiger partial charge < -0.3 is 9.88 Å². The normalized spacial score (nSPS) is 11.0. The van der Waals surface area contributed by atoms with Gasteiger partial charge >= 0.3 is 0 Å². The molecule has 3 nitrogen and oxygen atoms in total. The number of halogens is 2. The third kappa shape index (κ3) is 2.23. The molecule has 0 unspecified atom stereocenters. The zero-order valence-electron chi connectivity index (χ0n) is 11.1. The molecule has 0 aliphatic carbocycles. The van der Waals surface area contributed by atoms with Crippen molar-refractivity contribution in [2.24, 2.45) is 0 Å². The molecule has 0 aliphatic rings. The maximum Gasteiger partial charge on any atom is 0.140 e. The Morgan fingerprint density at radius 1 is 1.05 bits per heavy atom. The molecule has 3 rings (SSSR count). The van der Waals surface area contributed by atoms with Crippen LogP contribution < -0.4 is 4.90 Å². The Kier molecular flexibility index (Phi) is 3.32. The number of rotatable bonds is 2. The SMILES string of the molecule is CN(C)c1ccccc1-c1nc2cc(Cl)c(Cl)cc2[nH]1. The van der Waals surface area contributed by atoms with E-state index >= 15 is 0 Å². The highest BCUT2D eigenvalue weighted by Crippen LogP contribution is 2.32. The average molecular weight is 306 g/mol. The molecule has 20 heavy (non-hydrogen) atoms. The number of aromatic nitrogens is 2. The van der Waals surface area contributed by atoms with Crippen LogP contribution in [0.15, 0.2) is 36.4 Å². The fourth-order valence-electron chi connectivity index (χ4n) is 2.20. The van der Waals surface area contributed by atoms with Crippen molar-refractivity contribution in [2.75, 3.05) is 19.0 Å². The highest BCUT2D eigenvalue weighted by Gasteiger charge is 2.12. The number of nitrogens with one attached hydrogen (secondary N) is 1. The molecule has 2 aromatic carbocycles. The van der Waals surface area contributed by atoms with Crippen LogP contribution in [0, 0.1) is 0 Å². The molecule has 0 saturated carbocycles. The fourth-order valence-corrected chi connectivity index (χ4v) is 2.52. The van der Waals surface area contributed by atoms with E-state index in [0.29, 0.717) is 10.0 Å². The van der Waals surface area contributed by atoms with E-state index < -0.39 is 0 Å². The molecule has 0 bridgehead atoms. The van der Waals surface area contributed by atoms with Crippen LogP contribution >= 0.6 is 23.2 Å². The second-order valence-corrected chi connectivity index (χ2v) is 5.59. The Labute approximate surface area is 127 Å². The van der Waals surface area contributed by atoms with E-state index in [0.717, 1.165) is 28.1 Å². The molecular formula is C15H13Cl2N3. The van der Waals surface area contributed by atoms with Gasteiger partial charge in [-0.1, -0.05) is 35.3 Å². The van der Waals surface area contributed by atoms with Crippen LogP contribution in [-0.4, -0.2) is 24.1 Å². The summed E-state index contributed by atoms with van der Waals surface area (Å²) in [6.45, 7) is 0. The van der Waals surface area contributed by atoms with Crippen molar-refractivity contribution < 1.29 is 0 Å². The van der Waals surface area contributed by atoms with Crippen molar-refractivity contribution in [1.29, 1.82) is 0 Å². The Morgan fingerprint density at radius 2 is 1.75 bits per heavy atom. The van der Waals surface area contributed by atoms with Crippen LogP contribution in [0.3, 0.4) is 0 Å². The van der Waals surface area contributed by atoms with Gasteiger partial charge in [0.25, 0.3) is 0 Å². The number of imidazole rings is 1. The third-order valence-corrected chi connectivity index (χ3v) is 3.89. The maximum atomic E-state index is 6.04. The van der Waals surface area contributed by atoms with Crippen LogP contribution in [0.2, 0.25) is 10.0 Å². The van der Waals surface area contributed by atoms with Crippen LogP contribution in [0.4, 0.5) is 5.69 Å². The quantitative estimate of drug-likeness (QED) is 0.750. The van der Waals surface area contributed by atoms with E-state index in [-0.39, 0.29) is 0 Å². The number of aromatic amines is 1. The summed E-state index contributed by atoms with van der Waals surface area (Å²) in [4.78, 5) is 9.95. The Morgan fingerprint density at radius 3 is 2.50 bits per heavy atom. The molecule has 102 valence electrons. The minimum Gasteiger partial charge on any atom is -0.377 e. The molecule has 0 aliphatic heterocycles. The third-order valence-electron chi connectivity index (χ3n) is 3.16. The van der Waals surface area contributed by atoms with E-state index in [2.05, 4.69) is 20.9 Å². The van der Waals surface area contributed by atoms with Crippen molar-refractivity contribution in [3.05, 3.63) is 46.4 Å². The Balaban J connectivity index is 2.20. The monoisotopic (exact) mass is 305 g/mol. The minimum absolute atomic E-state index is 0.512. The van der Waals surface area contributed by atoms with Gasteiger partial charge in [-0.2, -0.15) is 0 Å². The molecule has 1 aromatic heterocycles. The van der Waals surface area contributed by atoms with Gasteiger partial charge in [-0.3, -0.25) is 0 Å². The van der Waals surface area contributed by atoms with E-state index in [1.807, 2.05) is 32.3 Å². The summed E-state index contributed by atoms with van der Waals surface area (Å²) < 4.78 is 0. The van der Waals surface area contributed by atoms with E-state index in [1.165, 1.54) is 0 Å². The van der Waals surface area contributed by atoms with Gasteiger partial charge in [0, 0.05) is 25.3 Å². The minimum atomic E-state index is 0.512. The summed E-state index contributed by atoms with van der Waals surface area (Å²) in [7, 11) is 4.02. The number of fused-ring (bicyclic) bond motifs is 1. The lowest BCUT2D eigenvalue weighted by Crippen LogP contribution is -2.09. The van der Waals surface area contributed by atoms with Crippen LogP contribution in [-0.2, 0) is 0 Å². The number of nitrogens with zero attached hydrogens (tertiary/aromatic N) is 2. The molecule has 0 spiro atoms. The Hall–Kier alpha value is -1.71. The number of H-pyrrole nitrogens is 1. The standard InChI is InChI=1S/C15H13Cl2N3/c1-20(2)14-6-4-3-5-9(14)15-18-12-7-10(16)11(17)8-13(12)19-15/h3-8H,1-2H3,(H,18,19). The molecule has 0 saturated heterocycles. The summed E-state index contributed by atoms with van der Waals surface area (Å²) >= 11 is 12.1. The topological polar surface area (TPSA) is 31.9 Å². The zero-order chi connectivity index (χ0) is 14.3. The van der Waals surface area contributed by atoms with E-state index in [4.69, 9.17) is 23.2 Å². The van der Waals surface area contributed by atoms with Crippen LogP contribution in [0.5, 0.6) is 0 Å². The predicted molar refractivity (Wildman–Crippen MR) is 85.9 cm³/mol. The predicted octanol–water partition coefficient (Wildman–Crippen LogP) is 4.60. The summed E-state index contributed by atoms with van der Waals surface area (Å²) in [6.07, 6.45) is 0. The first-order chi connectivity index (χ1) is 9.56. The maximum absolute atomic E-state index is 6.04. The molecule has 5 heteroatoms. The molecule has 0 atom stereocenters. The van der Waals surface area contributed by atoms with Gasteiger partial charge in [0.15, 0.2) is 0 Å². The van der Waals surface area contributed by atoms with E-state index in [9.17, 15) is 0 Å². The smallest absolute Gasteiger partial charge is 0.140 e. The van der Waals surface area contributed by atoms with Crippen molar-refractivity contribution in [1.82, 2.24) is 9.97 Å². The highest BCUT2D eigenvalue weighted by atomic mass is 35.5. The summed E-state index contributed by atoms with van der Waals surface area (Å²) in [5.41, 5.74) is 3.83. The Bertz CT molecular complexity index is 739. The van der Waals surface area contributed by atoms with E-state index in [1.54, 1.807) is 12.1 Å². The lowest BCUT2D eigenvalue weighted by Gasteiger charge is -2.15. The average Bonchev–Trinajstić information content (AvgIpc) is 2.82. The van der Waals surface area contributed by atoms with Gasteiger partial charge in [0.1, 0.15) is 5.82 Å². The summed E-state index contributed by atoms with van der Waals surface area (Å²) in [5, 5.41) is 1.04. The van der Waals surface area contributed by atoms with Crippen molar-refractivity contribution in [3.63, 3.8) is 0 Å². The van der Waals surface area contributed by atoms with Crippen molar-refractivity contribution in [3.8, 4) is 11.4 Å². The van der Waals surface area contributed by atoms with Gasteiger partial charge in [0.05, 0.1) is 21.1 Å². The molecule has 0 fully saturated rings. The lowest BCUT2D eigenvalue weighted by atomic mass is 10.1. The number of benzene rings is 2. The first kappa shape index (κ1) is 13.3. The van der Waals surface area contributed by atoms with Crippen LogP contribution in [0.25, 0.3) is 22.4 Å². The highest BCUT2D eigenvalue weighted by molar-refractivity contribution is 6.42. The van der Waals surface area contributed by atoms with Gasteiger partial charge in [-0.05, 0) is 24.3 Å². The second-order valence-electron chi connectivity index (χ2n) is 4.78. The van der Waals surface area contributed by atoms with Crippen LogP contribution in [0.1, 0.15) is 0 Å². The second kappa shape index (κ2) is 5.00. The number of anilines is 1. The molecule has 3 aromatic rings. The number of hydrogen-bond donors (Lipinski definition) is 1. The molecule has 0 radical (unpaired) electrons. The summed E-state index contributed by atoms with van der Waals surface area (Å²) in [6, 6.07) is 11.7.